The van der Waals surface area contributed by atoms with Crippen LogP contribution in [0.15, 0.2) is 30.5 Å². The van der Waals surface area contributed by atoms with Crippen LogP contribution in [0.1, 0.15) is 43.5 Å². The molecule has 7 heteroatoms. The number of aryl methyl sites for hydroxylation is 1. The van der Waals surface area contributed by atoms with E-state index in [0.29, 0.717) is 17.9 Å². The van der Waals surface area contributed by atoms with Gasteiger partial charge in [0, 0.05) is 25.4 Å². The zero-order valence-electron chi connectivity index (χ0n) is 17.0. The number of nitrogens with one attached hydrogen (secondary N) is 1. The molecule has 4 rings (SSSR count). The molecule has 2 aliphatic heterocycles. The highest BCUT2D eigenvalue weighted by Gasteiger charge is 2.50. The van der Waals surface area contributed by atoms with E-state index >= 15 is 0 Å². The Morgan fingerprint density at radius 2 is 2.10 bits per heavy atom. The summed E-state index contributed by atoms with van der Waals surface area (Å²) >= 11 is 0. The van der Waals surface area contributed by atoms with Gasteiger partial charge in [0.05, 0.1) is 18.3 Å². The second-order valence-electron chi connectivity index (χ2n) is 7.79. The second kappa shape index (κ2) is 8.28. The van der Waals surface area contributed by atoms with Gasteiger partial charge in [-0.1, -0.05) is 0 Å². The summed E-state index contributed by atoms with van der Waals surface area (Å²) in [4.78, 5) is 19.0. The predicted octanol–water partition coefficient (Wildman–Crippen LogP) is 4.04. The Morgan fingerprint density at radius 3 is 2.79 bits per heavy atom. The van der Waals surface area contributed by atoms with Crippen LogP contribution in [0.4, 0.5) is 4.39 Å². The Balaban J connectivity index is 0.00000240. The highest BCUT2D eigenvalue weighted by atomic mass is 35.5. The lowest BCUT2D eigenvalue weighted by Gasteiger charge is -2.23. The van der Waals surface area contributed by atoms with Crippen molar-refractivity contribution in [2.75, 3.05) is 20.2 Å². The lowest BCUT2D eigenvalue weighted by molar-refractivity contribution is -0.131. The van der Waals surface area contributed by atoms with Crippen molar-refractivity contribution < 1.29 is 13.9 Å². The first-order chi connectivity index (χ1) is 13.4. The van der Waals surface area contributed by atoms with Gasteiger partial charge in [0.25, 0.3) is 0 Å². The van der Waals surface area contributed by atoms with Crippen LogP contribution >= 0.6 is 12.4 Å². The third-order valence-electron chi connectivity index (χ3n) is 5.96. The fourth-order valence-electron chi connectivity index (χ4n) is 4.38. The monoisotopic (exact) mass is 419 g/mol. The molecule has 1 aromatic heterocycles. The van der Waals surface area contributed by atoms with Crippen LogP contribution in [0.25, 0.3) is 11.1 Å². The largest absolute Gasteiger partial charge is 0.494 e. The number of carbonyl (C=O) groups is 1. The molecule has 156 valence electrons. The van der Waals surface area contributed by atoms with Crippen molar-refractivity contribution in [1.29, 1.82) is 0 Å². The molecule has 1 N–H and O–H groups in total. The number of rotatable bonds is 4. The van der Waals surface area contributed by atoms with E-state index < -0.39 is 5.54 Å². The minimum absolute atomic E-state index is 0. The van der Waals surface area contributed by atoms with Crippen molar-refractivity contribution in [1.82, 2.24) is 15.2 Å². The molecule has 2 atom stereocenters. The number of hydrogen-bond donors (Lipinski definition) is 1. The molecule has 5 nitrogen and oxygen atoms in total. The average molecular weight is 420 g/mol. The molecule has 2 aromatic rings. The molecule has 1 amide bonds. The van der Waals surface area contributed by atoms with Gasteiger partial charge in [-0.2, -0.15) is 0 Å². The summed E-state index contributed by atoms with van der Waals surface area (Å²) in [6, 6.07) is 6.76. The summed E-state index contributed by atoms with van der Waals surface area (Å²) in [5.74, 6) is 0.527. The number of halogens is 2. The smallest absolute Gasteiger partial charge is 0.242 e. The second-order valence-corrected chi connectivity index (χ2v) is 7.79. The number of amides is 1. The number of benzene rings is 1. The van der Waals surface area contributed by atoms with Gasteiger partial charge in [0.15, 0.2) is 0 Å². The van der Waals surface area contributed by atoms with Gasteiger partial charge in [0.2, 0.25) is 5.91 Å². The highest BCUT2D eigenvalue weighted by Crippen LogP contribution is 2.40. The van der Waals surface area contributed by atoms with Crippen molar-refractivity contribution in [3.63, 3.8) is 0 Å². The van der Waals surface area contributed by atoms with Gasteiger partial charge < -0.3 is 9.64 Å². The van der Waals surface area contributed by atoms with Crippen molar-refractivity contribution in [2.45, 2.75) is 44.7 Å². The Labute approximate surface area is 177 Å². The van der Waals surface area contributed by atoms with Crippen molar-refractivity contribution in [3.8, 4) is 16.9 Å². The number of aromatic nitrogens is 1. The summed E-state index contributed by atoms with van der Waals surface area (Å²) < 4.78 is 20.1. The van der Waals surface area contributed by atoms with Crippen molar-refractivity contribution in [2.24, 2.45) is 0 Å². The third kappa shape index (κ3) is 3.83. The molecule has 3 heterocycles. The molecule has 29 heavy (non-hydrogen) atoms. The molecule has 0 aliphatic carbocycles. The fraction of sp³-hybridized carbons (Fsp3) is 0.455. The first-order valence-electron chi connectivity index (χ1n) is 9.86. The Morgan fingerprint density at radius 1 is 1.31 bits per heavy atom. The summed E-state index contributed by atoms with van der Waals surface area (Å²) in [6.45, 7) is 5.14. The van der Waals surface area contributed by atoms with Crippen LogP contribution in [-0.2, 0) is 4.79 Å². The van der Waals surface area contributed by atoms with Gasteiger partial charge in [-0.3, -0.25) is 15.1 Å². The topological polar surface area (TPSA) is 54.5 Å². The molecule has 0 saturated carbocycles. The van der Waals surface area contributed by atoms with Gasteiger partial charge in [-0.05, 0) is 68.5 Å². The number of ether oxygens (including phenoxy) is 1. The average Bonchev–Trinajstić information content (AvgIpc) is 3.24. The Hall–Kier alpha value is -2.18. The van der Waals surface area contributed by atoms with Gasteiger partial charge >= 0.3 is 0 Å². The zero-order valence-corrected chi connectivity index (χ0v) is 17.8. The number of carbonyl (C=O) groups excluding carboxylic acids is 1. The molecule has 0 radical (unpaired) electrons. The summed E-state index contributed by atoms with van der Waals surface area (Å²) in [5.41, 5.74) is 2.60. The van der Waals surface area contributed by atoms with Crippen molar-refractivity contribution >= 4 is 18.3 Å². The number of pyridine rings is 1. The van der Waals surface area contributed by atoms with E-state index in [0.717, 1.165) is 42.6 Å². The molecule has 2 aliphatic rings. The molecular weight excluding hydrogens is 393 g/mol. The molecule has 0 unspecified atom stereocenters. The fourth-order valence-corrected chi connectivity index (χ4v) is 4.38. The molecular formula is C22H27ClFN3O2. The van der Waals surface area contributed by atoms with Crippen LogP contribution < -0.4 is 10.1 Å². The van der Waals surface area contributed by atoms with Crippen LogP contribution in [0, 0.1) is 12.7 Å². The van der Waals surface area contributed by atoms with E-state index in [1.165, 1.54) is 6.07 Å². The molecule has 1 aromatic carbocycles. The minimum Gasteiger partial charge on any atom is -0.494 e. The normalized spacial score (nSPS) is 23.5. The van der Waals surface area contributed by atoms with Crippen LogP contribution in [0.3, 0.4) is 0 Å². The van der Waals surface area contributed by atoms with E-state index in [4.69, 9.17) is 4.74 Å². The lowest BCUT2D eigenvalue weighted by Crippen LogP contribution is -2.47. The quantitative estimate of drug-likeness (QED) is 0.812. The van der Waals surface area contributed by atoms with E-state index in [-0.39, 0.29) is 30.2 Å². The maximum Gasteiger partial charge on any atom is 0.242 e. The van der Waals surface area contributed by atoms with Crippen molar-refractivity contribution in [3.05, 3.63) is 47.5 Å². The van der Waals surface area contributed by atoms with Crippen LogP contribution in [0.2, 0.25) is 0 Å². The number of hydrogen-bond acceptors (Lipinski definition) is 4. The first kappa shape index (κ1) is 21.5. The standard InChI is InChI=1S/C22H26FN3O2.ClH/c1-4-28-15-5-6-18(23)17(11-15)16-12-20(24-13-14(16)2)19-7-8-22(25-19)9-10-26(3)21(22)27;/h5-6,11-13,19,25H,4,7-10H2,1-3H3;1H/t19-,22-;/m0./s1. The Bertz CT molecular complexity index is 923. The summed E-state index contributed by atoms with van der Waals surface area (Å²) in [6.07, 6.45) is 4.26. The number of nitrogens with zero attached hydrogens (tertiary/aromatic N) is 2. The van der Waals surface area contributed by atoms with Gasteiger partial charge in [-0.25, -0.2) is 4.39 Å². The van der Waals surface area contributed by atoms with Crippen LogP contribution in [-0.4, -0.2) is 41.5 Å². The van der Waals surface area contributed by atoms with Gasteiger partial charge in [-0.15, -0.1) is 12.4 Å². The maximum absolute atomic E-state index is 14.6. The van der Waals surface area contributed by atoms with Gasteiger partial charge in [0.1, 0.15) is 17.1 Å². The third-order valence-corrected chi connectivity index (χ3v) is 5.96. The number of likely N-dealkylation sites (N-methyl/N-ethyl adjacent to an activating group) is 1. The molecule has 2 fully saturated rings. The van der Waals surface area contributed by atoms with E-state index in [9.17, 15) is 9.18 Å². The predicted molar refractivity (Wildman–Crippen MR) is 113 cm³/mol. The van der Waals surface area contributed by atoms with E-state index in [2.05, 4.69) is 10.3 Å². The molecule has 1 spiro atoms. The van der Waals surface area contributed by atoms with E-state index in [1.807, 2.05) is 27.0 Å². The maximum atomic E-state index is 14.6. The lowest BCUT2D eigenvalue weighted by atomic mass is 9.96. The number of likely N-dealkylation sites (tertiary alicyclic amines) is 1. The summed E-state index contributed by atoms with van der Waals surface area (Å²) in [5, 5.41) is 3.54. The molecule has 0 bridgehead atoms. The summed E-state index contributed by atoms with van der Waals surface area (Å²) in [7, 11) is 1.85. The Kier molecular flexibility index (Phi) is 6.15. The molecule has 2 saturated heterocycles. The highest BCUT2D eigenvalue weighted by molar-refractivity contribution is 5.88. The first-order valence-corrected chi connectivity index (χ1v) is 9.86. The minimum atomic E-state index is -0.466. The van der Waals surface area contributed by atoms with Crippen LogP contribution in [0.5, 0.6) is 5.75 Å². The zero-order chi connectivity index (χ0) is 19.9. The van der Waals surface area contributed by atoms with E-state index in [1.54, 1.807) is 23.2 Å². The SMILES string of the molecule is CCOc1ccc(F)c(-c2cc([C@@H]3CC[C@@]4(CCN(C)C4=O)N3)ncc2C)c1.Cl.